The van der Waals surface area contributed by atoms with Crippen LogP contribution in [-0.2, 0) is 6.54 Å². The van der Waals surface area contributed by atoms with E-state index in [1.807, 2.05) is 24.3 Å². The van der Waals surface area contributed by atoms with Crippen molar-refractivity contribution in [1.29, 1.82) is 0 Å². The monoisotopic (exact) mass is 220 g/mol. The van der Waals surface area contributed by atoms with E-state index in [0.29, 0.717) is 12.4 Å². The van der Waals surface area contributed by atoms with Gasteiger partial charge in [0.25, 0.3) is 0 Å². The van der Waals surface area contributed by atoms with Crippen molar-refractivity contribution < 1.29 is 4.74 Å². The lowest BCUT2D eigenvalue weighted by molar-refractivity contribution is 0.414. The molecule has 0 radical (unpaired) electrons. The van der Waals surface area contributed by atoms with Crippen molar-refractivity contribution in [1.82, 2.24) is 0 Å². The van der Waals surface area contributed by atoms with Crippen LogP contribution in [0.4, 0.5) is 0 Å². The molecule has 5 heteroatoms. The fraction of sp³-hybridized carbons (Fsp3) is 0.273. The summed E-state index contributed by atoms with van der Waals surface area (Å²) in [7, 11) is 1.63. The van der Waals surface area contributed by atoms with Crippen LogP contribution in [-0.4, -0.2) is 18.9 Å². The molecule has 0 saturated carbocycles. The van der Waals surface area contributed by atoms with Crippen molar-refractivity contribution in [2.75, 3.05) is 7.11 Å². The second-order valence-electron chi connectivity index (χ2n) is 3.28. The Morgan fingerprint density at radius 1 is 1.25 bits per heavy atom. The molecule has 0 aliphatic rings. The first-order valence-electron chi connectivity index (χ1n) is 4.85. The molecule has 0 aliphatic heterocycles. The number of rotatable bonds is 3. The molecular formula is C11H16N4O. The van der Waals surface area contributed by atoms with E-state index in [-0.39, 0.29) is 5.96 Å². The van der Waals surface area contributed by atoms with Gasteiger partial charge in [-0.05, 0) is 24.6 Å². The van der Waals surface area contributed by atoms with Crippen LogP contribution in [0.3, 0.4) is 0 Å². The number of aliphatic imine (C=N–C) groups is 2. The topological polar surface area (TPSA) is 86.0 Å². The normalized spacial score (nSPS) is 12.6. The highest BCUT2D eigenvalue weighted by Crippen LogP contribution is 2.11. The summed E-state index contributed by atoms with van der Waals surface area (Å²) in [6.07, 6.45) is 0. The van der Waals surface area contributed by atoms with Gasteiger partial charge >= 0.3 is 0 Å². The van der Waals surface area contributed by atoms with Crippen LogP contribution in [0.25, 0.3) is 0 Å². The molecule has 5 nitrogen and oxygen atoms in total. The first-order valence-corrected chi connectivity index (χ1v) is 4.85. The lowest BCUT2D eigenvalue weighted by Gasteiger charge is -2.01. The molecule has 0 bridgehead atoms. The Balaban J connectivity index is 2.63. The minimum Gasteiger partial charge on any atom is -0.497 e. The standard InChI is InChI=1S/C11H16N4O/c1-8(12)15-11(13)14-7-9-3-5-10(16-2)6-4-9/h3-6H,7H2,1-2H3,(H4,12,13,14,15). The molecule has 1 rings (SSSR count). The summed E-state index contributed by atoms with van der Waals surface area (Å²) in [6.45, 7) is 2.14. The molecule has 0 saturated heterocycles. The van der Waals surface area contributed by atoms with Gasteiger partial charge in [0.1, 0.15) is 5.75 Å². The van der Waals surface area contributed by atoms with E-state index in [0.717, 1.165) is 11.3 Å². The van der Waals surface area contributed by atoms with Crippen LogP contribution < -0.4 is 16.2 Å². The molecule has 0 unspecified atom stereocenters. The molecule has 1 aromatic rings. The molecule has 0 aliphatic carbocycles. The van der Waals surface area contributed by atoms with Gasteiger partial charge in [-0.25, -0.2) is 9.98 Å². The Bertz CT molecular complexity index is 391. The number of ether oxygens (including phenoxy) is 1. The number of hydrogen-bond acceptors (Lipinski definition) is 2. The SMILES string of the molecule is COc1ccc(CN=C(N)N=C(C)N)cc1. The molecule has 16 heavy (non-hydrogen) atoms. The predicted molar refractivity (Wildman–Crippen MR) is 65.6 cm³/mol. The summed E-state index contributed by atoms with van der Waals surface area (Å²) in [5.74, 6) is 1.41. The number of amidine groups is 1. The molecule has 0 heterocycles. The average Bonchev–Trinajstić information content (AvgIpc) is 2.26. The van der Waals surface area contributed by atoms with Crippen molar-refractivity contribution in [3.05, 3.63) is 29.8 Å². The average molecular weight is 220 g/mol. The maximum absolute atomic E-state index is 5.54. The van der Waals surface area contributed by atoms with E-state index >= 15 is 0 Å². The van der Waals surface area contributed by atoms with Crippen LogP contribution in [0.5, 0.6) is 5.75 Å². The highest BCUT2D eigenvalue weighted by atomic mass is 16.5. The zero-order valence-corrected chi connectivity index (χ0v) is 9.47. The van der Waals surface area contributed by atoms with Gasteiger partial charge in [-0.3, -0.25) is 0 Å². The van der Waals surface area contributed by atoms with E-state index in [9.17, 15) is 0 Å². The summed E-state index contributed by atoms with van der Waals surface area (Å²) in [5, 5.41) is 0. The molecule has 0 aromatic heterocycles. The van der Waals surface area contributed by atoms with Crippen molar-refractivity contribution in [3.63, 3.8) is 0 Å². The second kappa shape index (κ2) is 5.75. The van der Waals surface area contributed by atoms with Gasteiger partial charge in [0, 0.05) is 0 Å². The number of nitrogens with two attached hydrogens (primary N) is 2. The second-order valence-corrected chi connectivity index (χ2v) is 3.28. The number of methoxy groups -OCH3 is 1. The van der Waals surface area contributed by atoms with Gasteiger partial charge < -0.3 is 16.2 Å². The third kappa shape index (κ3) is 4.00. The van der Waals surface area contributed by atoms with Gasteiger partial charge in [-0.2, -0.15) is 0 Å². The van der Waals surface area contributed by atoms with Gasteiger partial charge in [-0.15, -0.1) is 0 Å². The zero-order chi connectivity index (χ0) is 12.0. The maximum atomic E-state index is 5.54. The van der Waals surface area contributed by atoms with Crippen LogP contribution in [0.1, 0.15) is 12.5 Å². The van der Waals surface area contributed by atoms with Crippen LogP contribution in [0, 0.1) is 0 Å². The fourth-order valence-corrected chi connectivity index (χ4v) is 1.12. The smallest absolute Gasteiger partial charge is 0.217 e. The Labute approximate surface area is 94.8 Å². The van der Waals surface area contributed by atoms with Crippen molar-refractivity contribution in [2.24, 2.45) is 21.5 Å². The van der Waals surface area contributed by atoms with E-state index in [1.165, 1.54) is 0 Å². The summed E-state index contributed by atoms with van der Waals surface area (Å²) in [6, 6.07) is 7.60. The Hall–Kier alpha value is -2.04. The summed E-state index contributed by atoms with van der Waals surface area (Å²) in [5.41, 5.74) is 11.9. The minimum atomic E-state index is 0.191. The van der Waals surface area contributed by atoms with Crippen LogP contribution >= 0.6 is 0 Å². The maximum Gasteiger partial charge on any atom is 0.217 e. The lowest BCUT2D eigenvalue weighted by atomic mass is 10.2. The number of benzene rings is 1. The van der Waals surface area contributed by atoms with E-state index in [1.54, 1.807) is 14.0 Å². The van der Waals surface area contributed by atoms with Crippen molar-refractivity contribution >= 4 is 11.8 Å². The molecule has 0 spiro atoms. The summed E-state index contributed by atoms with van der Waals surface area (Å²) < 4.78 is 5.05. The third-order valence-corrected chi connectivity index (χ3v) is 1.87. The van der Waals surface area contributed by atoms with Crippen LogP contribution in [0.15, 0.2) is 34.3 Å². The van der Waals surface area contributed by atoms with E-state index < -0.39 is 0 Å². The molecule has 0 amide bonds. The molecule has 0 atom stereocenters. The quantitative estimate of drug-likeness (QED) is 0.585. The van der Waals surface area contributed by atoms with Crippen molar-refractivity contribution in [3.8, 4) is 5.75 Å². The molecule has 86 valence electrons. The van der Waals surface area contributed by atoms with Crippen molar-refractivity contribution in [2.45, 2.75) is 13.5 Å². The number of hydrogen-bond donors (Lipinski definition) is 2. The Kier molecular flexibility index (Phi) is 4.32. The highest BCUT2D eigenvalue weighted by molar-refractivity contribution is 5.93. The van der Waals surface area contributed by atoms with Gasteiger partial charge in [0.15, 0.2) is 0 Å². The zero-order valence-electron chi connectivity index (χ0n) is 9.47. The molecule has 1 aromatic carbocycles. The van der Waals surface area contributed by atoms with E-state index in [2.05, 4.69) is 9.98 Å². The van der Waals surface area contributed by atoms with Gasteiger partial charge in [-0.1, -0.05) is 12.1 Å². The highest BCUT2D eigenvalue weighted by Gasteiger charge is 1.94. The van der Waals surface area contributed by atoms with Gasteiger partial charge in [0.2, 0.25) is 5.96 Å². The summed E-state index contributed by atoms with van der Waals surface area (Å²) >= 11 is 0. The van der Waals surface area contributed by atoms with Crippen LogP contribution in [0.2, 0.25) is 0 Å². The molecular weight excluding hydrogens is 204 g/mol. The largest absolute Gasteiger partial charge is 0.497 e. The molecule has 0 fully saturated rings. The summed E-state index contributed by atoms with van der Waals surface area (Å²) in [4.78, 5) is 7.90. The number of guanidine groups is 1. The lowest BCUT2D eigenvalue weighted by Crippen LogP contribution is -2.15. The first-order chi connectivity index (χ1) is 7.61. The Morgan fingerprint density at radius 3 is 2.38 bits per heavy atom. The third-order valence-electron chi connectivity index (χ3n) is 1.87. The number of nitrogens with zero attached hydrogens (tertiary/aromatic N) is 2. The first kappa shape index (κ1) is 12.0. The molecule has 4 N–H and O–H groups in total. The van der Waals surface area contributed by atoms with Gasteiger partial charge in [0.05, 0.1) is 19.5 Å². The predicted octanol–water partition coefficient (Wildman–Crippen LogP) is 0.887. The van der Waals surface area contributed by atoms with E-state index in [4.69, 9.17) is 16.2 Å². The minimum absolute atomic E-state index is 0.191. The fourth-order valence-electron chi connectivity index (χ4n) is 1.12. The Morgan fingerprint density at radius 2 is 1.88 bits per heavy atom.